The summed E-state index contributed by atoms with van der Waals surface area (Å²) >= 11 is 5.80. The van der Waals surface area contributed by atoms with E-state index >= 15 is 0 Å². The lowest BCUT2D eigenvalue weighted by Gasteiger charge is -2.24. The highest BCUT2D eigenvalue weighted by Gasteiger charge is 2.37. The molecule has 4 nitrogen and oxygen atoms in total. The molecule has 0 bridgehead atoms. The molecule has 1 aliphatic rings. The molecule has 0 spiro atoms. The van der Waals surface area contributed by atoms with Crippen LogP contribution in [0.3, 0.4) is 0 Å². The molecule has 0 radical (unpaired) electrons. The Kier molecular flexibility index (Phi) is 3.88. The Balaban J connectivity index is 1.94. The molecule has 2 unspecified atom stereocenters. The van der Waals surface area contributed by atoms with E-state index in [0.717, 1.165) is 12.1 Å². The van der Waals surface area contributed by atoms with Gasteiger partial charge in [-0.25, -0.2) is 8.78 Å². The van der Waals surface area contributed by atoms with Crippen molar-refractivity contribution >= 4 is 17.5 Å². The third-order valence-electron chi connectivity index (χ3n) is 3.72. The van der Waals surface area contributed by atoms with Gasteiger partial charge in [-0.05, 0) is 41.8 Å². The van der Waals surface area contributed by atoms with Gasteiger partial charge in [-0.1, -0.05) is 6.07 Å². The van der Waals surface area contributed by atoms with Crippen molar-refractivity contribution in [3.8, 4) is 0 Å². The first-order chi connectivity index (χ1) is 10.5. The van der Waals surface area contributed by atoms with E-state index in [0.29, 0.717) is 5.56 Å². The maximum absolute atomic E-state index is 13.4. The van der Waals surface area contributed by atoms with E-state index in [1.165, 1.54) is 23.3 Å². The molecule has 1 amide bonds. The lowest BCUT2D eigenvalue weighted by Crippen LogP contribution is -2.31. The zero-order valence-corrected chi connectivity index (χ0v) is 12.1. The molecule has 7 heteroatoms. The third-order valence-corrected chi connectivity index (χ3v) is 4.01. The van der Waals surface area contributed by atoms with Crippen LogP contribution in [-0.4, -0.2) is 28.6 Å². The number of hydrogen-bond acceptors (Lipinski definition) is 3. The fraction of sp³-hybridized carbons (Fsp3) is 0.267. The van der Waals surface area contributed by atoms with Gasteiger partial charge < -0.3 is 14.4 Å². The number of β-amino-alcohol motifs (C(OH)–C–C–N with tert-alkyl or cyclic N) is 1. The van der Waals surface area contributed by atoms with E-state index in [1.54, 1.807) is 0 Å². The first kappa shape index (κ1) is 15.0. The SMILES string of the molecule is O=C(c1ccoc1Cl)N1CC(O)CC1c1ccc(F)c(F)c1. The Morgan fingerprint density at radius 3 is 2.73 bits per heavy atom. The predicted molar refractivity (Wildman–Crippen MR) is 74.5 cm³/mol. The van der Waals surface area contributed by atoms with Crippen molar-refractivity contribution in [1.82, 2.24) is 4.90 Å². The van der Waals surface area contributed by atoms with Crippen LogP contribution >= 0.6 is 11.6 Å². The lowest BCUT2D eigenvalue weighted by atomic mass is 10.0. The number of halogens is 3. The Labute approximate surface area is 129 Å². The molecule has 1 N–H and O–H groups in total. The van der Waals surface area contributed by atoms with Crippen molar-refractivity contribution in [2.24, 2.45) is 0 Å². The minimum atomic E-state index is -0.993. The molecule has 0 aliphatic carbocycles. The van der Waals surface area contributed by atoms with Gasteiger partial charge in [0, 0.05) is 6.54 Å². The van der Waals surface area contributed by atoms with Crippen LogP contribution in [0.15, 0.2) is 34.9 Å². The standard InChI is InChI=1S/C15H12ClF2NO3/c16-14-10(3-4-22-14)15(21)19-7-9(20)6-13(19)8-1-2-11(17)12(18)5-8/h1-5,9,13,20H,6-7H2. The molecule has 22 heavy (non-hydrogen) atoms. The summed E-state index contributed by atoms with van der Waals surface area (Å²) in [5, 5.41) is 9.81. The van der Waals surface area contributed by atoms with Crippen LogP contribution in [0.2, 0.25) is 5.22 Å². The molecule has 1 aliphatic heterocycles. The van der Waals surface area contributed by atoms with Crippen LogP contribution in [0.1, 0.15) is 28.4 Å². The van der Waals surface area contributed by atoms with Crippen LogP contribution in [0.4, 0.5) is 8.78 Å². The van der Waals surface area contributed by atoms with Crippen LogP contribution in [-0.2, 0) is 0 Å². The summed E-state index contributed by atoms with van der Waals surface area (Å²) in [6.45, 7) is 0.0873. The Bertz CT molecular complexity index is 719. The van der Waals surface area contributed by atoms with Gasteiger partial charge >= 0.3 is 0 Å². The second-order valence-corrected chi connectivity index (χ2v) is 5.49. The van der Waals surface area contributed by atoms with Crippen molar-refractivity contribution in [3.05, 3.63) is 58.5 Å². The topological polar surface area (TPSA) is 53.7 Å². The number of carbonyl (C=O) groups excluding carboxylic acids is 1. The van der Waals surface area contributed by atoms with E-state index in [4.69, 9.17) is 16.0 Å². The maximum atomic E-state index is 13.4. The Morgan fingerprint density at radius 2 is 2.09 bits per heavy atom. The number of nitrogens with zero attached hydrogens (tertiary/aromatic N) is 1. The third kappa shape index (κ3) is 2.60. The maximum Gasteiger partial charge on any atom is 0.259 e. The van der Waals surface area contributed by atoms with Crippen LogP contribution < -0.4 is 0 Å². The molecule has 2 heterocycles. The second-order valence-electron chi connectivity index (χ2n) is 5.14. The first-order valence-electron chi connectivity index (χ1n) is 6.64. The van der Waals surface area contributed by atoms with Crippen molar-refractivity contribution in [3.63, 3.8) is 0 Å². The second kappa shape index (κ2) is 5.70. The number of aliphatic hydroxyl groups is 1. The first-order valence-corrected chi connectivity index (χ1v) is 7.02. The van der Waals surface area contributed by atoms with Gasteiger partial charge in [-0.2, -0.15) is 0 Å². The van der Waals surface area contributed by atoms with E-state index in [-0.39, 0.29) is 23.7 Å². The van der Waals surface area contributed by atoms with Gasteiger partial charge in [-0.3, -0.25) is 4.79 Å². The molecule has 2 atom stereocenters. The largest absolute Gasteiger partial charge is 0.452 e. The van der Waals surface area contributed by atoms with Gasteiger partial charge in [0.2, 0.25) is 5.22 Å². The van der Waals surface area contributed by atoms with Gasteiger partial charge in [0.1, 0.15) is 0 Å². The van der Waals surface area contributed by atoms with Gasteiger partial charge in [-0.15, -0.1) is 0 Å². The highest BCUT2D eigenvalue weighted by atomic mass is 35.5. The Morgan fingerprint density at radius 1 is 1.32 bits per heavy atom. The molecular weight excluding hydrogens is 316 g/mol. The molecule has 1 fully saturated rings. The number of likely N-dealkylation sites (tertiary alicyclic amines) is 1. The number of carbonyl (C=O) groups is 1. The number of aliphatic hydroxyl groups excluding tert-OH is 1. The summed E-state index contributed by atoms with van der Waals surface area (Å²) in [6.07, 6.45) is 0.786. The van der Waals surface area contributed by atoms with Crippen molar-refractivity contribution in [1.29, 1.82) is 0 Å². The average molecular weight is 328 g/mol. The monoisotopic (exact) mass is 327 g/mol. The van der Waals surface area contributed by atoms with E-state index in [1.807, 2.05) is 0 Å². The Hall–Kier alpha value is -1.92. The minimum absolute atomic E-state index is 0.0459. The van der Waals surface area contributed by atoms with Gasteiger partial charge in [0.15, 0.2) is 11.6 Å². The average Bonchev–Trinajstić information content (AvgIpc) is 3.07. The van der Waals surface area contributed by atoms with Crippen molar-refractivity contribution in [2.75, 3.05) is 6.54 Å². The van der Waals surface area contributed by atoms with E-state index in [9.17, 15) is 18.7 Å². The number of amides is 1. The number of rotatable bonds is 2. The molecule has 2 aromatic rings. The van der Waals surface area contributed by atoms with Crippen molar-refractivity contribution < 1.29 is 23.1 Å². The normalized spacial score (nSPS) is 21.4. The smallest absolute Gasteiger partial charge is 0.259 e. The molecule has 1 aromatic heterocycles. The van der Waals surface area contributed by atoms with Crippen LogP contribution in [0.5, 0.6) is 0 Å². The fourth-order valence-corrected chi connectivity index (χ4v) is 2.87. The summed E-state index contributed by atoms with van der Waals surface area (Å²) in [7, 11) is 0. The molecular formula is C15H12ClF2NO3. The summed E-state index contributed by atoms with van der Waals surface area (Å²) in [6, 6.07) is 4.32. The highest BCUT2D eigenvalue weighted by molar-refractivity contribution is 6.32. The number of benzene rings is 1. The number of hydrogen-bond donors (Lipinski definition) is 1. The molecule has 1 aromatic carbocycles. The highest BCUT2D eigenvalue weighted by Crippen LogP contribution is 2.35. The summed E-state index contributed by atoms with van der Waals surface area (Å²) in [4.78, 5) is 13.9. The predicted octanol–water partition coefficient (Wildman–Crippen LogP) is 3.16. The summed E-state index contributed by atoms with van der Waals surface area (Å²) in [5.41, 5.74) is 0.590. The number of furan rings is 1. The quantitative estimate of drug-likeness (QED) is 0.922. The van der Waals surface area contributed by atoms with Crippen LogP contribution in [0, 0.1) is 11.6 Å². The zero-order chi connectivity index (χ0) is 15.9. The molecule has 1 saturated heterocycles. The van der Waals surface area contributed by atoms with Crippen molar-refractivity contribution in [2.45, 2.75) is 18.6 Å². The van der Waals surface area contributed by atoms with E-state index < -0.39 is 29.7 Å². The summed E-state index contributed by atoms with van der Waals surface area (Å²) < 4.78 is 31.4. The summed E-state index contributed by atoms with van der Waals surface area (Å²) in [5.74, 6) is -2.38. The van der Waals surface area contributed by atoms with E-state index in [2.05, 4.69) is 0 Å². The zero-order valence-electron chi connectivity index (χ0n) is 11.3. The molecule has 116 valence electrons. The van der Waals surface area contributed by atoms with Gasteiger partial charge in [0.25, 0.3) is 5.91 Å². The minimum Gasteiger partial charge on any atom is -0.452 e. The molecule has 3 rings (SSSR count). The lowest BCUT2D eigenvalue weighted by molar-refractivity contribution is 0.0715. The van der Waals surface area contributed by atoms with Crippen LogP contribution in [0.25, 0.3) is 0 Å². The fourth-order valence-electron chi connectivity index (χ4n) is 2.67. The van der Waals surface area contributed by atoms with Gasteiger partial charge in [0.05, 0.1) is 24.0 Å². The molecule has 0 saturated carbocycles.